The summed E-state index contributed by atoms with van der Waals surface area (Å²) in [7, 11) is 1.61. The van der Waals surface area contributed by atoms with E-state index in [1.165, 1.54) is 17.4 Å². The van der Waals surface area contributed by atoms with E-state index in [1.807, 2.05) is 55.5 Å². The minimum Gasteiger partial charge on any atom is -0.497 e. The van der Waals surface area contributed by atoms with Crippen molar-refractivity contribution in [3.8, 4) is 16.3 Å². The number of rotatable bonds is 7. The number of aromatic nitrogens is 4. The van der Waals surface area contributed by atoms with Crippen LogP contribution in [0.5, 0.6) is 5.75 Å². The molecule has 2 aromatic heterocycles. The van der Waals surface area contributed by atoms with Gasteiger partial charge in [0.25, 0.3) is 0 Å². The van der Waals surface area contributed by atoms with E-state index in [9.17, 15) is 4.79 Å². The lowest BCUT2D eigenvalue weighted by Gasteiger charge is -2.08. The molecule has 0 atom stereocenters. The van der Waals surface area contributed by atoms with Gasteiger partial charge in [0, 0.05) is 24.6 Å². The Morgan fingerprint density at radius 3 is 2.61 bits per heavy atom. The van der Waals surface area contributed by atoms with Crippen LogP contribution in [0.25, 0.3) is 21.6 Å². The lowest BCUT2D eigenvalue weighted by atomic mass is 10.1. The Kier molecular flexibility index (Phi) is 7.06. The number of thiocarbonyl (C=S) groups is 1. The van der Waals surface area contributed by atoms with Crippen molar-refractivity contribution in [2.24, 2.45) is 0 Å². The molecule has 0 saturated heterocycles. The molecule has 0 unspecified atom stereocenters. The van der Waals surface area contributed by atoms with Gasteiger partial charge in [-0.25, -0.2) is 0 Å². The average Bonchev–Trinajstić information content (AvgIpc) is 3.43. The zero-order valence-electron chi connectivity index (χ0n) is 18.1. The zero-order chi connectivity index (χ0) is 23.2. The number of benzene rings is 2. The van der Waals surface area contributed by atoms with Gasteiger partial charge in [-0.15, -0.1) is 10.2 Å². The number of nitrogens with one attached hydrogen (secondary N) is 2. The topological polar surface area (TPSA) is 93.4 Å². The van der Waals surface area contributed by atoms with Crippen molar-refractivity contribution in [1.29, 1.82) is 0 Å². The van der Waals surface area contributed by atoms with Gasteiger partial charge in [-0.05, 0) is 41.6 Å². The molecule has 0 fully saturated rings. The average molecular weight is 479 g/mol. The third kappa shape index (κ3) is 5.60. The molecule has 0 spiro atoms. The Balaban J connectivity index is 1.28. The number of carbonyl (C=O) groups is 1. The summed E-state index contributed by atoms with van der Waals surface area (Å²) in [5.74, 6) is 1.32. The van der Waals surface area contributed by atoms with E-state index in [4.69, 9.17) is 17.0 Å². The van der Waals surface area contributed by atoms with Crippen LogP contribution in [-0.2, 0) is 17.8 Å². The number of methoxy groups -OCH3 is 1. The molecule has 4 rings (SSSR count). The Labute approximate surface area is 200 Å². The first-order chi connectivity index (χ1) is 16.1. The van der Waals surface area contributed by atoms with Crippen LogP contribution in [0.4, 0.5) is 0 Å². The number of aryl methyl sites for hydroxylation is 1. The highest BCUT2D eigenvalue weighted by Crippen LogP contribution is 2.25. The maximum absolute atomic E-state index is 12.1. The summed E-state index contributed by atoms with van der Waals surface area (Å²) < 4.78 is 6.91. The minimum atomic E-state index is -0.298. The Hall–Kier alpha value is -3.63. The molecule has 0 aliphatic rings. The minimum absolute atomic E-state index is 0.268. The molecule has 4 aromatic rings. The first kappa shape index (κ1) is 22.6. The quantitative estimate of drug-likeness (QED) is 0.309. The summed E-state index contributed by atoms with van der Waals surface area (Å²) >= 11 is 6.73. The first-order valence-corrected chi connectivity index (χ1v) is 11.5. The highest BCUT2D eigenvalue weighted by molar-refractivity contribution is 7.80. The van der Waals surface area contributed by atoms with Crippen molar-refractivity contribution in [3.05, 3.63) is 71.6 Å². The second kappa shape index (κ2) is 10.3. The van der Waals surface area contributed by atoms with Gasteiger partial charge in [0.05, 0.1) is 7.11 Å². The third-order valence-electron chi connectivity index (χ3n) is 4.81. The highest BCUT2D eigenvalue weighted by Gasteiger charge is 2.11. The second-order valence-corrected chi connectivity index (χ2v) is 8.41. The Bertz CT molecular complexity index is 1290. The fourth-order valence-electron chi connectivity index (χ4n) is 3.03. The summed E-state index contributed by atoms with van der Waals surface area (Å²) in [6.07, 6.45) is 3.93. The zero-order valence-corrected chi connectivity index (χ0v) is 19.7. The van der Waals surface area contributed by atoms with Crippen LogP contribution in [0.15, 0.2) is 54.6 Å². The molecule has 2 aromatic carbocycles. The second-order valence-electron chi connectivity index (χ2n) is 7.05. The smallest absolute Gasteiger partial charge is 0.250 e. The maximum Gasteiger partial charge on any atom is 0.250 e. The summed E-state index contributed by atoms with van der Waals surface area (Å²) in [6, 6.07) is 15.4. The number of hydrogen-bond donors (Lipinski definition) is 2. The molecule has 0 bridgehead atoms. The third-order valence-corrected chi connectivity index (χ3v) is 6.00. The van der Waals surface area contributed by atoms with Crippen LogP contribution in [0.3, 0.4) is 0 Å². The van der Waals surface area contributed by atoms with Gasteiger partial charge in [0.1, 0.15) is 10.8 Å². The number of amides is 1. The van der Waals surface area contributed by atoms with Gasteiger partial charge >= 0.3 is 0 Å². The molecule has 0 aliphatic carbocycles. The largest absolute Gasteiger partial charge is 0.497 e. The van der Waals surface area contributed by atoms with E-state index in [0.29, 0.717) is 6.54 Å². The predicted octanol–water partition coefficient (Wildman–Crippen LogP) is 3.63. The molecular weight excluding hydrogens is 456 g/mol. The van der Waals surface area contributed by atoms with Crippen molar-refractivity contribution in [3.63, 3.8) is 0 Å². The van der Waals surface area contributed by atoms with E-state index in [-0.39, 0.29) is 11.0 Å². The summed E-state index contributed by atoms with van der Waals surface area (Å²) in [4.78, 5) is 12.9. The first-order valence-electron chi connectivity index (χ1n) is 10.3. The Morgan fingerprint density at radius 1 is 1.15 bits per heavy atom. The monoisotopic (exact) mass is 478 g/mol. The van der Waals surface area contributed by atoms with Gasteiger partial charge in [-0.2, -0.15) is 9.61 Å². The molecule has 168 valence electrons. The summed E-state index contributed by atoms with van der Waals surface area (Å²) in [5, 5.41) is 19.7. The van der Waals surface area contributed by atoms with Crippen LogP contribution < -0.4 is 15.4 Å². The summed E-state index contributed by atoms with van der Waals surface area (Å²) in [5.41, 5.74) is 2.93. The molecule has 0 saturated carbocycles. The van der Waals surface area contributed by atoms with Crippen molar-refractivity contribution in [1.82, 2.24) is 30.4 Å². The summed E-state index contributed by atoms with van der Waals surface area (Å²) in [6.45, 7) is 2.52. The van der Waals surface area contributed by atoms with Crippen LogP contribution in [0.1, 0.15) is 23.9 Å². The van der Waals surface area contributed by atoms with E-state index < -0.39 is 0 Å². The number of hydrogen-bond acceptors (Lipinski definition) is 7. The molecule has 8 nitrogen and oxygen atoms in total. The van der Waals surface area contributed by atoms with Crippen molar-refractivity contribution < 1.29 is 9.53 Å². The number of carbonyl (C=O) groups excluding carboxylic acids is 1. The lowest BCUT2D eigenvalue weighted by Crippen LogP contribution is -2.37. The molecule has 2 N–H and O–H groups in total. The van der Waals surface area contributed by atoms with Gasteiger partial charge in [0.2, 0.25) is 10.9 Å². The SMILES string of the molecule is CCc1nnc2sc(-c3ccc(CNC(=S)NC(=O)/C=C/c4ccc(OC)cc4)cc3)nn12. The predicted molar refractivity (Wildman–Crippen MR) is 133 cm³/mol. The lowest BCUT2D eigenvalue weighted by molar-refractivity contribution is -0.115. The Morgan fingerprint density at radius 2 is 1.91 bits per heavy atom. The number of fused-ring (bicyclic) bond motifs is 1. The van der Waals surface area contributed by atoms with Crippen LogP contribution in [-0.4, -0.2) is 37.9 Å². The highest BCUT2D eigenvalue weighted by atomic mass is 32.1. The molecular formula is C23H22N6O2S2. The standard InChI is InChI=1S/C23H22N6O2S2/c1-3-19-26-27-23-29(19)28-21(33-23)17-9-4-16(5-10-17)14-24-22(32)25-20(30)13-8-15-6-11-18(31-2)12-7-15/h4-13H,3,14H2,1-2H3,(H2,24,25,30,32)/b13-8+. The van der Waals surface area contributed by atoms with Gasteiger partial charge in [-0.3, -0.25) is 10.1 Å². The fraction of sp³-hybridized carbons (Fsp3) is 0.174. The van der Waals surface area contributed by atoms with Crippen molar-refractivity contribution in [2.45, 2.75) is 19.9 Å². The van der Waals surface area contributed by atoms with E-state index >= 15 is 0 Å². The van der Waals surface area contributed by atoms with Crippen LogP contribution in [0, 0.1) is 0 Å². The number of nitrogens with zero attached hydrogens (tertiary/aromatic N) is 4. The molecule has 33 heavy (non-hydrogen) atoms. The maximum atomic E-state index is 12.1. The van der Waals surface area contributed by atoms with Gasteiger partial charge in [-0.1, -0.05) is 54.7 Å². The van der Waals surface area contributed by atoms with E-state index in [0.717, 1.165) is 44.7 Å². The van der Waals surface area contributed by atoms with Gasteiger partial charge < -0.3 is 10.1 Å². The van der Waals surface area contributed by atoms with Crippen molar-refractivity contribution in [2.75, 3.05) is 7.11 Å². The fourth-order valence-corrected chi connectivity index (χ4v) is 4.06. The van der Waals surface area contributed by atoms with Gasteiger partial charge in [0.15, 0.2) is 10.9 Å². The van der Waals surface area contributed by atoms with Crippen molar-refractivity contribution >= 4 is 45.6 Å². The molecule has 2 heterocycles. The molecule has 0 radical (unpaired) electrons. The normalized spacial score (nSPS) is 11.1. The van der Waals surface area contributed by atoms with Crippen LogP contribution >= 0.6 is 23.6 Å². The van der Waals surface area contributed by atoms with Crippen LogP contribution in [0.2, 0.25) is 0 Å². The molecule has 1 amide bonds. The molecule has 10 heteroatoms. The van der Waals surface area contributed by atoms with E-state index in [1.54, 1.807) is 17.7 Å². The number of ether oxygens (including phenoxy) is 1. The molecule has 0 aliphatic heterocycles. The van der Waals surface area contributed by atoms with E-state index in [2.05, 4.69) is 25.9 Å².